The maximum absolute atomic E-state index is 2.64. The molecule has 2 aromatic carbocycles. The zero-order valence-corrected chi connectivity index (χ0v) is 27.5. The van der Waals surface area contributed by atoms with Gasteiger partial charge >= 0.3 is 211 Å². The van der Waals surface area contributed by atoms with E-state index in [1.54, 1.807) is 20.9 Å². The third-order valence-electron chi connectivity index (χ3n) is 7.74. The third-order valence-corrected chi connectivity index (χ3v) is 16.0. The molecule has 0 saturated carbocycles. The summed E-state index contributed by atoms with van der Waals surface area (Å²) in [6.45, 7) is 26.1. The molecule has 1 unspecified atom stereocenters. The van der Waals surface area contributed by atoms with Crippen molar-refractivity contribution in [3.05, 3.63) is 73.1 Å². The first-order chi connectivity index (χ1) is 15.2. The maximum Gasteiger partial charge on any atom is -1.00 e. The van der Waals surface area contributed by atoms with E-state index in [1.165, 1.54) is 33.4 Å². The van der Waals surface area contributed by atoms with Gasteiger partial charge in [-0.25, -0.2) is 0 Å². The second-order valence-electron chi connectivity index (χ2n) is 12.7. The number of halogens is 2. The van der Waals surface area contributed by atoms with Crippen molar-refractivity contribution in [2.24, 2.45) is 5.92 Å². The molecule has 0 fully saturated rings. The van der Waals surface area contributed by atoms with E-state index in [1.807, 2.05) is 0 Å². The summed E-state index contributed by atoms with van der Waals surface area (Å²) in [5.74, 6) is 0.583. The molecule has 2 aromatic rings. The van der Waals surface area contributed by atoms with Crippen LogP contribution in [0.1, 0.15) is 98.4 Å². The molecule has 3 heteroatoms. The van der Waals surface area contributed by atoms with Crippen LogP contribution in [0.2, 0.25) is 0 Å². The molecule has 0 spiro atoms. The summed E-state index contributed by atoms with van der Waals surface area (Å²) in [5, 5.41) is 0. The summed E-state index contributed by atoms with van der Waals surface area (Å²) in [6, 6.07) is 12.4. The molecule has 0 nitrogen and oxygen atoms in total. The minimum atomic E-state index is -2.21. The summed E-state index contributed by atoms with van der Waals surface area (Å²) in [5.41, 5.74) is 12.5. The van der Waals surface area contributed by atoms with E-state index >= 15 is 0 Å². The van der Waals surface area contributed by atoms with Gasteiger partial charge in [0.1, 0.15) is 0 Å². The zero-order valence-electron chi connectivity index (χ0n) is 23.5. The molecule has 0 aliphatic heterocycles. The van der Waals surface area contributed by atoms with Gasteiger partial charge in [-0.3, -0.25) is 0 Å². The smallest absolute Gasteiger partial charge is 1.00 e. The van der Waals surface area contributed by atoms with E-state index in [-0.39, 0.29) is 35.6 Å². The topological polar surface area (TPSA) is 0 Å². The van der Waals surface area contributed by atoms with Gasteiger partial charge in [-0.05, 0) is 0 Å². The fourth-order valence-corrected chi connectivity index (χ4v) is 13.8. The van der Waals surface area contributed by atoms with Crippen LogP contribution in [-0.2, 0) is 38.5 Å². The number of hydrogen-bond donors (Lipinski definition) is 0. The molecule has 2 aliphatic carbocycles. The van der Waals surface area contributed by atoms with Crippen molar-refractivity contribution < 1.29 is 46.1 Å². The Morgan fingerprint density at radius 3 is 1.89 bits per heavy atom. The Morgan fingerprint density at radius 1 is 0.829 bits per heavy atom. The van der Waals surface area contributed by atoms with Gasteiger partial charge in [-0.1, -0.05) is 0 Å². The molecule has 0 bridgehead atoms. The van der Waals surface area contributed by atoms with Crippen molar-refractivity contribution in [3.63, 3.8) is 0 Å². The first kappa shape index (κ1) is 30.5. The minimum Gasteiger partial charge on any atom is -1.00 e. The van der Waals surface area contributed by atoms with Gasteiger partial charge in [0.05, 0.1) is 0 Å². The molecule has 0 amide bonds. The van der Waals surface area contributed by atoms with Crippen LogP contribution in [0.3, 0.4) is 0 Å². The number of allylic oxidation sites excluding steroid dienone is 4. The van der Waals surface area contributed by atoms with Gasteiger partial charge < -0.3 is 24.8 Å². The number of fused-ring (bicyclic) bond motifs is 3. The van der Waals surface area contributed by atoms with Crippen molar-refractivity contribution in [1.82, 2.24) is 0 Å². The molecule has 188 valence electrons. The standard InChI is InChI=1S/C21H25.C8H11.C3H6.2ClH.Zr/c1-20(2,3)16-9-7-14-11-15-8-10-17(21(4,5)6)13-19(15)18(14)12-16;1-6-4-7(2)8(3)5-6;1-3-2;;;/h7,9-10,12-13H,11H2,1-6H3;4,6H,1-3H3;1-2H3;2*1H;/q;;;;;+2/p-2. The largest absolute Gasteiger partial charge is 1.00 e. The summed E-state index contributed by atoms with van der Waals surface area (Å²) < 4.78 is 5.23. The van der Waals surface area contributed by atoms with E-state index in [0.717, 1.165) is 6.42 Å². The summed E-state index contributed by atoms with van der Waals surface area (Å²) in [4.78, 5) is 0. The Hall–Kier alpha value is -0.747. The van der Waals surface area contributed by atoms with Crippen LogP contribution >= 0.6 is 0 Å². The summed E-state index contributed by atoms with van der Waals surface area (Å²) >= 11 is -2.21. The molecule has 0 radical (unpaired) electrons. The Balaban J connectivity index is 0.00000216. The second kappa shape index (κ2) is 10.6. The minimum absolute atomic E-state index is 0. The van der Waals surface area contributed by atoms with Crippen molar-refractivity contribution in [1.29, 1.82) is 0 Å². The monoisotopic (exact) mass is 586 g/mol. The summed E-state index contributed by atoms with van der Waals surface area (Å²) in [6.07, 6.45) is 3.60. The van der Waals surface area contributed by atoms with Crippen LogP contribution in [0.5, 0.6) is 0 Å². The van der Waals surface area contributed by atoms with Crippen LogP contribution in [0.4, 0.5) is 0 Å². The van der Waals surface area contributed by atoms with E-state index in [9.17, 15) is 0 Å². The molecule has 0 N–H and O–H groups in total. The van der Waals surface area contributed by atoms with Gasteiger partial charge in [-0.15, -0.1) is 0 Å². The molecule has 4 rings (SSSR count). The van der Waals surface area contributed by atoms with Crippen LogP contribution < -0.4 is 28.1 Å². The molecule has 1 atom stereocenters. The van der Waals surface area contributed by atoms with Crippen LogP contribution in [0, 0.1) is 5.92 Å². The Bertz CT molecular complexity index is 1240. The van der Waals surface area contributed by atoms with Crippen LogP contribution in [0.25, 0.3) is 11.1 Å². The van der Waals surface area contributed by atoms with Gasteiger partial charge in [0.2, 0.25) is 0 Å². The van der Waals surface area contributed by atoms with E-state index < -0.39 is 21.3 Å². The normalized spacial score (nSPS) is 16.5. The molecule has 0 saturated heterocycles. The number of hydrogen-bond acceptors (Lipinski definition) is 0. The Labute approximate surface area is 234 Å². The summed E-state index contributed by atoms with van der Waals surface area (Å²) in [7, 11) is 0. The van der Waals surface area contributed by atoms with Crippen molar-refractivity contribution in [2.75, 3.05) is 0 Å². The maximum atomic E-state index is 2.64. The molecule has 2 aliphatic rings. The molecule has 0 heterocycles. The van der Waals surface area contributed by atoms with E-state index in [2.05, 4.69) is 113 Å². The van der Waals surface area contributed by atoms with E-state index in [0.29, 0.717) is 5.92 Å². The Morgan fingerprint density at radius 2 is 1.40 bits per heavy atom. The van der Waals surface area contributed by atoms with Crippen LogP contribution in [-0.4, -0.2) is 3.21 Å². The van der Waals surface area contributed by atoms with Crippen molar-refractivity contribution in [3.8, 4) is 11.1 Å². The van der Waals surface area contributed by atoms with Gasteiger partial charge in [0.25, 0.3) is 0 Å². The van der Waals surface area contributed by atoms with Crippen molar-refractivity contribution in [2.45, 2.75) is 93.4 Å². The van der Waals surface area contributed by atoms with Crippen LogP contribution in [0.15, 0.2) is 50.8 Å². The fraction of sp³-hybridized carbons (Fsp3) is 0.469. The molecule has 0 aromatic heterocycles. The average molecular weight is 589 g/mol. The van der Waals surface area contributed by atoms with Gasteiger partial charge in [0, 0.05) is 0 Å². The fourth-order valence-electron chi connectivity index (χ4n) is 5.63. The van der Waals surface area contributed by atoms with Gasteiger partial charge in [-0.2, -0.15) is 0 Å². The number of rotatable bonds is 2. The first-order valence-corrected chi connectivity index (χ1v) is 16.3. The predicted molar refractivity (Wildman–Crippen MR) is 144 cm³/mol. The third kappa shape index (κ3) is 5.59. The zero-order chi connectivity index (χ0) is 24.5. The molecular formula is C32H42Cl2Zr. The molecular weight excluding hydrogens is 546 g/mol. The average Bonchev–Trinajstić information content (AvgIpc) is 3.18. The SMILES string of the molecule is CC1=CC(C)[C]([Zr+2](=[C](C)C)[c]2cc(C(C)(C)C)cc3c2Cc2ccc(C(C)(C)C)cc2-3)=C1C.[Cl-].[Cl-]. The predicted octanol–water partition coefficient (Wildman–Crippen LogP) is 2.19. The van der Waals surface area contributed by atoms with E-state index in [4.69, 9.17) is 0 Å². The Kier molecular flexibility index (Phi) is 9.19. The number of benzene rings is 2. The van der Waals surface area contributed by atoms with Crippen molar-refractivity contribution >= 4 is 6.48 Å². The quantitative estimate of drug-likeness (QED) is 0.431. The first-order valence-electron chi connectivity index (χ1n) is 12.6. The second-order valence-corrected chi connectivity index (χ2v) is 19.6. The molecule has 35 heavy (non-hydrogen) atoms. The van der Waals surface area contributed by atoms with Gasteiger partial charge in [0.15, 0.2) is 0 Å².